The van der Waals surface area contributed by atoms with Crippen LogP contribution in [-0.2, 0) is 11.2 Å². The number of benzene rings is 1. The van der Waals surface area contributed by atoms with Crippen molar-refractivity contribution in [2.24, 2.45) is 0 Å². The van der Waals surface area contributed by atoms with Crippen LogP contribution in [0.1, 0.15) is 42.7 Å². The van der Waals surface area contributed by atoms with Gasteiger partial charge in [0.2, 0.25) is 5.91 Å². The van der Waals surface area contributed by atoms with Crippen LogP contribution in [-0.4, -0.2) is 46.4 Å². The highest BCUT2D eigenvalue weighted by Gasteiger charge is 2.17. The SMILES string of the molecule is CCN(CC)CCCNC(=O)Cc1c(-c2ccc(C)c(C)c2)nc2cc(C)ccn12. The number of carbonyl (C=O) groups is 1. The molecule has 2 aromatic heterocycles. The van der Waals surface area contributed by atoms with Crippen molar-refractivity contribution in [3.05, 3.63) is 58.9 Å². The van der Waals surface area contributed by atoms with Crippen LogP contribution < -0.4 is 5.32 Å². The third-order valence-electron chi connectivity index (χ3n) is 5.86. The third kappa shape index (κ3) is 5.08. The molecular weight excluding hydrogens is 372 g/mol. The Morgan fingerprint density at radius 3 is 2.53 bits per heavy atom. The fourth-order valence-corrected chi connectivity index (χ4v) is 3.77. The second-order valence-electron chi connectivity index (χ2n) is 8.05. The molecular formula is C25H34N4O. The standard InChI is InChI=1S/C25H34N4O/c1-6-28(7-2)13-8-12-26-24(30)17-22-25(21-10-9-19(4)20(5)16-21)27-23-15-18(3)11-14-29(22)23/h9-11,14-16H,6-8,12-13,17H2,1-5H3,(H,26,30). The number of aromatic nitrogens is 2. The van der Waals surface area contributed by atoms with Gasteiger partial charge in [0.25, 0.3) is 0 Å². The molecule has 2 heterocycles. The number of hydrogen-bond acceptors (Lipinski definition) is 3. The molecule has 5 heteroatoms. The first-order valence-electron chi connectivity index (χ1n) is 11.0. The zero-order chi connectivity index (χ0) is 21.7. The molecule has 0 radical (unpaired) electrons. The fourth-order valence-electron chi connectivity index (χ4n) is 3.77. The molecule has 0 bridgehead atoms. The van der Waals surface area contributed by atoms with E-state index in [0.717, 1.165) is 54.2 Å². The van der Waals surface area contributed by atoms with E-state index >= 15 is 0 Å². The Hall–Kier alpha value is -2.66. The van der Waals surface area contributed by atoms with Crippen molar-refractivity contribution >= 4 is 11.6 Å². The van der Waals surface area contributed by atoms with Gasteiger partial charge in [-0.15, -0.1) is 0 Å². The van der Waals surface area contributed by atoms with Gasteiger partial charge in [-0.3, -0.25) is 4.79 Å². The molecule has 0 atom stereocenters. The zero-order valence-electron chi connectivity index (χ0n) is 19.0. The van der Waals surface area contributed by atoms with Gasteiger partial charge in [0, 0.05) is 18.3 Å². The van der Waals surface area contributed by atoms with Crippen molar-refractivity contribution in [2.45, 2.75) is 47.5 Å². The molecule has 0 aliphatic heterocycles. The second kappa shape index (κ2) is 9.90. The molecule has 0 saturated heterocycles. The van der Waals surface area contributed by atoms with Gasteiger partial charge in [-0.25, -0.2) is 4.98 Å². The third-order valence-corrected chi connectivity index (χ3v) is 5.86. The Morgan fingerprint density at radius 2 is 1.83 bits per heavy atom. The summed E-state index contributed by atoms with van der Waals surface area (Å²) < 4.78 is 2.05. The summed E-state index contributed by atoms with van der Waals surface area (Å²) in [4.78, 5) is 20.0. The smallest absolute Gasteiger partial charge is 0.226 e. The number of pyridine rings is 1. The average molecular weight is 407 g/mol. The lowest BCUT2D eigenvalue weighted by Crippen LogP contribution is -2.31. The molecule has 0 aliphatic rings. The number of carbonyl (C=O) groups excluding carboxylic acids is 1. The quantitative estimate of drug-likeness (QED) is 0.539. The summed E-state index contributed by atoms with van der Waals surface area (Å²) in [5, 5.41) is 3.09. The molecule has 0 spiro atoms. The van der Waals surface area contributed by atoms with Crippen LogP contribution >= 0.6 is 0 Å². The van der Waals surface area contributed by atoms with Crippen LogP contribution in [0.5, 0.6) is 0 Å². The summed E-state index contributed by atoms with van der Waals surface area (Å²) in [6.45, 7) is 14.4. The van der Waals surface area contributed by atoms with Crippen molar-refractivity contribution in [2.75, 3.05) is 26.2 Å². The molecule has 1 aromatic carbocycles. The van der Waals surface area contributed by atoms with Gasteiger partial charge in [0.15, 0.2) is 0 Å². The van der Waals surface area contributed by atoms with Crippen LogP contribution in [0.25, 0.3) is 16.9 Å². The van der Waals surface area contributed by atoms with Crippen molar-refractivity contribution in [1.82, 2.24) is 19.6 Å². The number of amides is 1. The number of nitrogens with one attached hydrogen (secondary N) is 1. The molecule has 0 fully saturated rings. The molecule has 30 heavy (non-hydrogen) atoms. The summed E-state index contributed by atoms with van der Waals surface area (Å²) in [7, 11) is 0. The van der Waals surface area contributed by atoms with Gasteiger partial charge in [0.05, 0.1) is 17.8 Å². The van der Waals surface area contributed by atoms with Gasteiger partial charge in [-0.2, -0.15) is 0 Å². The summed E-state index contributed by atoms with van der Waals surface area (Å²) in [6, 6.07) is 10.5. The first-order valence-corrected chi connectivity index (χ1v) is 11.0. The van der Waals surface area contributed by atoms with Gasteiger partial charge in [0.1, 0.15) is 5.65 Å². The number of fused-ring (bicyclic) bond motifs is 1. The second-order valence-corrected chi connectivity index (χ2v) is 8.05. The summed E-state index contributed by atoms with van der Waals surface area (Å²) in [6.07, 6.45) is 3.30. The predicted octanol–water partition coefficient (Wildman–Crippen LogP) is 4.32. The normalized spacial score (nSPS) is 11.4. The first-order chi connectivity index (χ1) is 14.4. The first kappa shape index (κ1) is 22.0. The van der Waals surface area contributed by atoms with Crippen LogP contribution in [0, 0.1) is 20.8 Å². The molecule has 0 unspecified atom stereocenters. The molecule has 0 saturated carbocycles. The molecule has 0 aliphatic carbocycles. The van der Waals surface area contributed by atoms with E-state index in [9.17, 15) is 4.79 Å². The maximum absolute atomic E-state index is 12.7. The van der Waals surface area contributed by atoms with Gasteiger partial charge in [-0.1, -0.05) is 26.0 Å². The van der Waals surface area contributed by atoms with Crippen molar-refractivity contribution in [3.63, 3.8) is 0 Å². The highest BCUT2D eigenvalue weighted by Crippen LogP contribution is 2.27. The van der Waals surface area contributed by atoms with Crippen molar-refractivity contribution in [3.8, 4) is 11.3 Å². The Morgan fingerprint density at radius 1 is 1.07 bits per heavy atom. The van der Waals surface area contributed by atoms with E-state index in [0.29, 0.717) is 13.0 Å². The maximum Gasteiger partial charge on any atom is 0.226 e. The van der Waals surface area contributed by atoms with Gasteiger partial charge in [-0.05, 0) is 81.7 Å². The van der Waals surface area contributed by atoms with E-state index < -0.39 is 0 Å². The highest BCUT2D eigenvalue weighted by atomic mass is 16.1. The van der Waals surface area contributed by atoms with E-state index in [1.807, 2.05) is 10.6 Å². The Balaban J connectivity index is 1.81. The Labute approximate surface area is 180 Å². The zero-order valence-corrected chi connectivity index (χ0v) is 19.0. The van der Waals surface area contributed by atoms with Crippen LogP contribution in [0.2, 0.25) is 0 Å². The van der Waals surface area contributed by atoms with E-state index in [2.05, 4.69) is 75.2 Å². The summed E-state index contributed by atoms with van der Waals surface area (Å²) in [5.41, 5.74) is 7.41. The molecule has 3 rings (SSSR count). The summed E-state index contributed by atoms with van der Waals surface area (Å²) >= 11 is 0. The van der Waals surface area contributed by atoms with E-state index in [1.165, 1.54) is 11.1 Å². The highest BCUT2D eigenvalue weighted by molar-refractivity contribution is 5.81. The lowest BCUT2D eigenvalue weighted by atomic mass is 10.0. The largest absolute Gasteiger partial charge is 0.356 e. The van der Waals surface area contributed by atoms with Gasteiger partial charge < -0.3 is 14.6 Å². The molecule has 3 aromatic rings. The number of aryl methyl sites for hydroxylation is 3. The minimum Gasteiger partial charge on any atom is -0.356 e. The monoisotopic (exact) mass is 406 g/mol. The lowest BCUT2D eigenvalue weighted by molar-refractivity contribution is -0.120. The van der Waals surface area contributed by atoms with Crippen LogP contribution in [0.4, 0.5) is 0 Å². The lowest BCUT2D eigenvalue weighted by Gasteiger charge is -2.17. The van der Waals surface area contributed by atoms with E-state index in [1.54, 1.807) is 0 Å². The molecule has 1 amide bonds. The molecule has 1 N–H and O–H groups in total. The number of hydrogen-bond donors (Lipinski definition) is 1. The summed E-state index contributed by atoms with van der Waals surface area (Å²) in [5.74, 6) is 0.0435. The molecule has 5 nitrogen and oxygen atoms in total. The number of rotatable bonds is 9. The van der Waals surface area contributed by atoms with Crippen molar-refractivity contribution in [1.29, 1.82) is 0 Å². The minimum atomic E-state index is 0.0435. The van der Waals surface area contributed by atoms with Gasteiger partial charge >= 0.3 is 0 Å². The van der Waals surface area contributed by atoms with Crippen molar-refractivity contribution < 1.29 is 4.79 Å². The minimum absolute atomic E-state index is 0.0435. The maximum atomic E-state index is 12.7. The van der Waals surface area contributed by atoms with Crippen LogP contribution in [0.3, 0.4) is 0 Å². The molecule has 160 valence electrons. The number of imidazole rings is 1. The Kier molecular flexibility index (Phi) is 7.27. The number of nitrogens with zero attached hydrogens (tertiary/aromatic N) is 3. The van der Waals surface area contributed by atoms with Crippen LogP contribution in [0.15, 0.2) is 36.5 Å². The van der Waals surface area contributed by atoms with E-state index in [4.69, 9.17) is 4.98 Å². The topological polar surface area (TPSA) is 49.6 Å². The Bertz CT molecular complexity index is 1020. The predicted molar refractivity (Wildman–Crippen MR) is 124 cm³/mol. The fraction of sp³-hybridized carbons (Fsp3) is 0.440. The average Bonchev–Trinajstić information content (AvgIpc) is 3.07. The van der Waals surface area contributed by atoms with E-state index in [-0.39, 0.29) is 5.91 Å².